The summed E-state index contributed by atoms with van der Waals surface area (Å²) in [4.78, 5) is 4.34. The third kappa shape index (κ3) is 6.03. The minimum Gasteiger partial charge on any atom is -0.383 e. The predicted octanol–water partition coefficient (Wildman–Crippen LogP) is 2.78. The average Bonchev–Trinajstić information content (AvgIpc) is 3.22. The Hall–Kier alpha value is -1.56. The van der Waals surface area contributed by atoms with Crippen LogP contribution < -0.4 is 10.6 Å². The molecule has 2 rings (SSSR count). The largest absolute Gasteiger partial charge is 0.383 e. The van der Waals surface area contributed by atoms with Gasteiger partial charge >= 0.3 is 0 Å². The van der Waals surface area contributed by atoms with E-state index in [1.54, 1.807) is 7.11 Å². The molecule has 142 valence electrons. The Labute approximate surface area is 152 Å². The first kappa shape index (κ1) is 19.8. The Kier molecular flexibility index (Phi) is 8.25. The van der Waals surface area contributed by atoms with Gasteiger partial charge in [0.05, 0.1) is 18.8 Å². The van der Waals surface area contributed by atoms with Crippen LogP contribution in [-0.4, -0.2) is 43.0 Å². The Balaban J connectivity index is 1.75. The number of aromatic nitrogens is 2. The van der Waals surface area contributed by atoms with Gasteiger partial charge in [-0.25, -0.2) is 0 Å². The quantitative estimate of drug-likeness (QED) is 0.409. The summed E-state index contributed by atoms with van der Waals surface area (Å²) in [6.07, 6.45) is 8.28. The summed E-state index contributed by atoms with van der Waals surface area (Å²) < 4.78 is 7.17. The molecule has 1 aliphatic carbocycles. The van der Waals surface area contributed by atoms with Crippen molar-refractivity contribution in [1.29, 1.82) is 0 Å². The highest BCUT2D eigenvalue weighted by atomic mass is 16.5. The van der Waals surface area contributed by atoms with Crippen molar-refractivity contribution in [3.63, 3.8) is 0 Å². The maximum atomic E-state index is 5.15. The molecule has 0 aromatic carbocycles. The number of hydrogen-bond acceptors (Lipinski definition) is 3. The molecule has 0 atom stereocenters. The monoisotopic (exact) mass is 349 g/mol. The number of aliphatic imine (C=N–C) groups is 1. The Morgan fingerprint density at radius 2 is 2.04 bits per heavy atom. The first-order valence-electron chi connectivity index (χ1n) is 9.62. The van der Waals surface area contributed by atoms with Crippen LogP contribution in [-0.2, 0) is 17.8 Å². The number of nitrogens with one attached hydrogen (secondary N) is 2. The molecule has 1 saturated carbocycles. The molecule has 0 spiro atoms. The molecule has 1 aromatic rings. The van der Waals surface area contributed by atoms with Crippen molar-refractivity contribution in [1.82, 2.24) is 20.4 Å². The summed E-state index contributed by atoms with van der Waals surface area (Å²) in [6.45, 7) is 7.38. The third-order valence-corrected chi connectivity index (χ3v) is 5.25. The summed E-state index contributed by atoms with van der Waals surface area (Å²) in [6, 6.07) is 0. The second-order valence-electron chi connectivity index (χ2n) is 7.01. The van der Waals surface area contributed by atoms with E-state index in [-0.39, 0.29) is 0 Å². The molecule has 2 N–H and O–H groups in total. The smallest absolute Gasteiger partial charge is 0.191 e. The van der Waals surface area contributed by atoms with Gasteiger partial charge in [0.2, 0.25) is 0 Å². The molecular formula is C19H35N5O. The maximum Gasteiger partial charge on any atom is 0.191 e. The van der Waals surface area contributed by atoms with Crippen LogP contribution in [0.25, 0.3) is 0 Å². The van der Waals surface area contributed by atoms with E-state index >= 15 is 0 Å². The van der Waals surface area contributed by atoms with E-state index in [1.165, 1.54) is 49.8 Å². The second kappa shape index (κ2) is 10.4. The number of guanidine groups is 1. The lowest BCUT2D eigenvalue weighted by Crippen LogP contribution is -2.37. The Bertz CT molecular complexity index is 546. The second-order valence-corrected chi connectivity index (χ2v) is 7.01. The van der Waals surface area contributed by atoms with Crippen molar-refractivity contribution < 1.29 is 4.74 Å². The topological polar surface area (TPSA) is 63.5 Å². The van der Waals surface area contributed by atoms with Crippen LogP contribution in [0.5, 0.6) is 0 Å². The molecule has 0 unspecified atom stereocenters. The van der Waals surface area contributed by atoms with E-state index in [4.69, 9.17) is 4.74 Å². The molecule has 1 fully saturated rings. The Morgan fingerprint density at radius 3 is 2.72 bits per heavy atom. The summed E-state index contributed by atoms with van der Waals surface area (Å²) >= 11 is 0. The number of nitrogens with zero attached hydrogens (tertiary/aromatic N) is 3. The number of ether oxygens (including phenoxy) is 1. The van der Waals surface area contributed by atoms with Crippen LogP contribution in [0, 0.1) is 19.8 Å². The third-order valence-electron chi connectivity index (χ3n) is 5.25. The molecule has 1 aromatic heterocycles. The number of hydrogen-bond donors (Lipinski definition) is 2. The van der Waals surface area contributed by atoms with Gasteiger partial charge in [-0.05, 0) is 32.6 Å². The minimum absolute atomic E-state index is 0.680. The van der Waals surface area contributed by atoms with Gasteiger partial charge in [-0.1, -0.05) is 25.7 Å². The van der Waals surface area contributed by atoms with Crippen LogP contribution >= 0.6 is 0 Å². The lowest BCUT2D eigenvalue weighted by atomic mass is 10.0. The van der Waals surface area contributed by atoms with E-state index < -0.39 is 0 Å². The molecule has 0 amide bonds. The number of rotatable bonds is 9. The summed E-state index contributed by atoms with van der Waals surface area (Å²) in [5.74, 6) is 1.83. The van der Waals surface area contributed by atoms with E-state index in [1.807, 2.05) is 11.7 Å². The van der Waals surface area contributed by atoms with Gasteiger partial charge in [0.15, 0.2) is 5.96 Å². The molecule has 0 radical (unpaired) electrons. The van der Waals surface area contributed by atoms with Crippen LogP contribution in [0.4, 0.5) is 0 Å². The van der Waals surface area contributed by atoms with Crippen LogP contribution in [0.2, 0.25) is 0 Å². The fourth-order valence-electron chi connectivity index (χ4n) is 3.67. The molecular weight excluding hydrogens is 314 g/mol. The van der Waals surface area contributed by atoms with Gasteiger partial charge in [0.25, 0.3) is 0 Å². The average molecular weight is 350 g/mol. The standard InChI is InChI=1S/C19H35N5O/c1-15-18(16(2)24(23-15)12-13-25-4)14-22-19(20-3)21-11-7-10-17-8-5-6-9-17/h17H,5-14H2,1-4H3,(H2,20,21,22). The van der Waals surface area contributed by atoms with Gasteiger partial charge in [-0.3, -0.25) is 9.67 Å². The van der Waals surface area contributed by atoms with Crippen molar-refractivity contribution in [2.75, 3.05) is 27.3 Å². The van der Waals surface area contributed by atoms with Crippen LogP contribution in [0.15, 0.2) is 4.99 Å². The molecule has 6 nitrogen and oxygen atoms in total. The lowest BCUT2D eigenvalue weighted by Gasteiger charge is -2.13. The van der Waals surface area contributed by atoms with Gasteiger partial charge in [-0.2, -0.15) is 5.10 Å². The number of methoxy groups -OCH3 is 1. The zero-order valence-electron chi connectivity index (χ0n) is 16.4. The molecule has 1 heterocycles. The maximum absolute atomic E-state index is 5.15. The molecule has 25 heavy (non-hydrogen) atoms. The first-order chi connectivity index (χ1) is 12.2. The summed E-state index contributed by atoms with van der Waals surface area (Å²) in [5, 5.41) is 11.5. The van der Waals surface area contributed by atoms with Crippen LogP contribution in [0.3, 0.4) is 0 Å². The number of aryl methyl sites for hydroxylation is 1. The molecule has 1 aliphatic rings. The van der Waals surface area contributed by atoms with E-state index in [0.717, 1.165) is 37.2 Å². The fourth-order valence-corrected chi connectivity index (χ4v) is 3.67. The molecule has 6 heteroatoms. The van der Waals surface area contributed by atoms with Gasteiger partial charge in [-0.15, -0.1) is 0 Å². The van der Waals surface area contributed by atoms with Gasteiger partial charge in [0, 0.05) is 38.5 Å². The van der Waals surface area contributed by atoms with Crippen molar-refractivity contribution in [3.05, 3.63) is 17.0 Å². The van der Waals surface area contributed by atoms with Crippen molar-refractivity contribution >= 4 is 5.96 Å². The zero-order chi connectivity index (χ0) is 18.1. The highest BCUT2D eigenvalue weighted by Crippen LogP contribution is 2.28. The zero-order valence-corrected chi connectivity index (χ0v) is 16.4. The minimum atomic E-state index is 0.680. The van der Waals surface area contributed by atoms with Crippen LogP contribution in [0.1, 0.15) is 55.5 Å². The molecule has 0 saturated heterocycles. The normalized spacial score (nSPS) is 15.8. The molecule has 0 bridgehead atoms. The highest BCUT2D eigenvalue weighted by Gasteiger charge is 2.14. The van der Waals surface area contributed by atoms with Gasteiger partial charge < -0.3 is 15.4 Å². The van der Waals surface area contributed by atoms with E-state index in [9.17, 15) is 0 Å². The van der Waals surface area contributed by atoms with E-state index in [0.29, 0.717) is 6.61 Å². The Morgan fingerprint density at radius 1 is 1.28 bits per heavy atom. The van der Waals surface area contributed by atoms with Crippen molar-refractivity contribution in [2.45, 2.75) is 65.5 Å². The summed E-state index contributed by atoms with van der Waals surface area (Å²) in [7, 11) is 3.55. The molecule has 0 aliphatic heterocycles. The van der Waals surface area contributed by atoms with Crippen molar-refractivity contribution in [2.24, 2.45) is 10.9 Å². The summed E-state index contributed by atoms with van der Waals surface area (Å²) in [5.41, 5.74) is 3.50. The van der Waals surface area contributed by atoms with Crippen molar-refractivity contribution in [3.8, 4) is 0 Å². The van der Waals surface area contributed by atoms with E-state index in [2.05, 4.69) is 34.6 Å². The highest BCUT2D eigenvalue weighted by molar-refractivity contribution is 5.79. The fraction of sp³-hybridized carbons (Fsp3) is 0.789. The lowest BCUT2D eigenvalue weighted by molar-refractivity contribution is 0.182. The predicted molar refractivity (Wildman–Crippen MR) is 103 cm³/mol. The van der Waals surface area contributed by atoms with Gasteiger partial charge in [0.1, 0.15) is 0 Å². The SMILES string of the molecule is CN=C(NCCCC1CCCC1)NCc1c(C)nn(CCOC)c1C. The first-order valence-corrected chi connectivity index (χ1v) is 9.62.